The number of aromatic nitrogens is 2. The lowest BCUT2D eigenvalue weighted by molar-refractivity contribution is -0.192. The average Bonchev–Trinajstić information content (AvgIpc) is 2.99. The molecule has 0 radical (unpaired) electrons. The maximum atomic E-state index is 13.4. The SMILES string of the molecule is COCCOc1ccc(C(=O)Nc2cccnc2C(=O)Nc2ccc(Cl)cn2)c(OC2CCNCC2)c1.O=C(O)C(F)(F)F. The number of ether oxygens (including phenoxy) is 3. The number of nitrogens with one attached hydrogen (secondary N) is 3. The highest BCUT2D eigenvalue weighted by Gasteiger charge is 2.38. The molecule has 0 atom stereocenters. The van der Waals surface area contributed by atoms with Crippen molar-refractivity contribution in [3.63, 3.8) is 0 Å². The van der Waals surface area contributed by atoms with E-state index in [9.17, 15) is 22.8 Å². The molecule has 44 heavy (non-hydrogen) atoms. The molecule has 2 aromatic heterocycles. The number of carboxylic acid groups (broad SMARTS) is 1. The summed E-state index contributed by atoms with van der Waals surface area (Å²) in [4.78, 5) is 43.4. The van der Waals surface area contributed by atoms with Crippen LogP contribution in [0.1, 0.15) is 33.7 Å². The van der Waals surface area contributed by atoms with Crippen LogP contribution in [0.4, 0.5) is 24.7 Å². The van der Waals surface area contributed by atoms with Crippen LogP contribution in [0.25, 0.3) is 0 Å². The first-order valence-electron chi connectivity index (χ1n) is 13.1. The molecule has 12 nitrogen and oxygen atoms in total. The predicted octanol–water partition coefficient (Wildman–Crippen LogP) is 4.42. The smallest absolute Gasteiger partial charge is 0.490 e. The van der Waals surface area contributed by atoms with Gasteiger partial charge in [0.1, 0.15) is 30.0 Å². The summed E-state index contributed by atoms with van der Waals surface area (Å²) in [5.74, 6) is -2.46. The van der Waals surface area contributed by atoms with Crippen molar-refractivity contribution < 1.29 is 46.9 Å². The molecule has 1 aliphatic heterocycles. The largest absolute Gasteiger partial charge is 0.491 e. The highest BCUT2D eigenvalue weighted by Crippen LogP contribution is 2.29. The molecule has 0 aliphatic carbocycles. The number of carbonyl (C=O) groups excluding carboxylic acids is 2. The van der Waals surface area contributed by atoms with Crippen LogP contribution in [0.2, 0.25) is 5.02 Å². The molecule has 1 fully saturated rings. The first-order chi connectivity index (χ1) is 21.0. The van der Waals surface area contributed by atoms with Gasteiger partial charge >= 0.3 is 12.1 Å². The minimum atomic E-state index is -5.08. The van der Waals surface area contributed by atoms with E-state index < -0.39 is 24.0 Å². The summed E-state index contributed by atoms with van der Waals surface area (Å²) in [5.41, 5.74) is 0.590. The van der Waals surface area contributed by atoms with E-state index in [4.69, 9.17) is 35.7 Å². The summed E-state index contributed by atoms with van der Waals surface area (Å²) < 4.78 is 48.7. The van der Waals surface area contributed by atoms with Gasteiger partial charge in [0.15, 0.2) is 5.69 Å². The Balaban J connectivity index is 0.000000676. The molecular weight excluding hydrogens is 611 g/mol. The highest BCUT2D eigenvalue weighted by molar-refractivity contribution is 6.30. The first kappa shape index (κ1) is 34.0. The number of carbonyl (C=O) groups is 3. The van der Waals surface area contributed by atoms with Crippen molar-refractivity contribution in [3.05, 3.63) is 71.1 Å². The Kier molecular flexibility index (Phi) is 12.7. The Bertz CT molecular complexity index is 1420. The standard InChI is InChI=1S/C26H28ClN5O5.C2HF3O2/c1-35-13-14-36-19-5-6-20(22(15-19)37-18-8-11-28-12-9-18)25(33)31-21-3-2-10-29-24(21)26(34)32-23-7-4-17(27)16-30-23;3-2(4,5)1(6)7/h2-7,10,15-16,18,28H,8-9,11-14H2,1H3,(H,31,33)(H,30,32,34);(H,6,7). The van der Waals surface area contributed by atoms with E-state index in [0.717, 1.165) is 25.9 Å². The highest BCUT2D eigenvalue weighted by atomic mass is 35.5. The van der Waals surface area contributed by atoms with Crippen molar-refractivity contribution in [1.29, 1.82) is 0 Å². The number of anilines is 2. The zero-order valence-corrected chi connectivity index (χ0v) is 24.1. The van der Waals surface area contributed by atoms with Crippen molar-refractivity contribution >= 4 is 40.9 Å². The van der Waals surface area contributed by atoms with Gasteiger partial charge < -0.3 is 35.3 Å². The van der Waals surface area contributed by atoms with E-state index in [1.807, 2.05) is 0 Å². The van der Waals surface area contributed by atoms with Gasteiger partial charge in [0.2, 0.25) is 0 Å². The minimum absolute atomic E-state index is 0.0337. The predicted molar refractivity (Wildman–Crippen MR) is 153 cm³/mol. The summed E-state index contributed by atoms with van der Waals surface area (Å²) >= 11 is 5.86. The number of halogens is 4. The molecule has 2 amide bonds. The molecule has 0 saturated carbocycles. The van der Waals surface area contributed by atoms with Gasteiger partial charge in [-0.05, 0) is 62.3 Å². The van der Waals surface area contributed by atoms with Crippen molar-refractivity contribution in [3.8, 4) is 11.5 Å². The molecule has 16 heteroatoms. The number of rotatable bonds is 10. The third-order valence-corrected chi connectivity index (χ3v) is 6.04. The number of carboxylic acids is 1. The molecule has 1 saturated heterocycles. The van der Waals surface area contributed by atoms with Crippen LogP contribution in [-0.2, 0) is 9.53 Å². The lowest BCUT2D eigenvalue weighted by Gasteiger charge is -2.25. The molecule has 1 aliphatic rings. The number of amides is 2. The van der Waals surface area contributed by atoms with Crippen LogP contribution in [0.15, 0.2) is 54.9 Å². The molecule has 3 heterocycles. The van der Waals surface area contributed by atoms with E-state index in [1.54, 1.807) is 49.6 Å². The molecule has 0 unspecified atom stereocenters. The van der Waals surface area contributed by atoms with E-state index in [1.165, 1.54) is 12.4 Å². The summed E-state index contributed by atoms with van der Waals surface area (Å²) in [6.45, 7) is 2.48. The Morgan fingerprint density at radius 2 is 1.77 bits per heavy atom. The van der Waals surface area contributed by atoms with Gasteiger partial charge in [-0.3, -0.25) is 9.59 Å². The second-order valence-electron chi connectivity index (χ2n) is 9.04. The van der Waals surface area contributed by atoms with Crippen LogP contribution < -0.4 is 25.4 Å². The molecule has 236 valence electrons. The number of nitrogens with zero attached hydrogens (tertiary/aromatic N) is 2. The number of hydrogen-bond donors (Lipinski definition) is 4. The molecule has 4 rings (SSSR count). The maximum absolute atomic E-state index is 13.4. The average molecular weight is 640 g/mol. The molecule has 0 bridgehead atoms. The van der Waals surface area contributed by atoms with Crippen molar-refractivity contribution in [1.82, 2.24) is 15.3 Å². The van der Waals surface area contributed by atoms with Gasteiger partial charge in [-0.1, -0.05) is 11.6 Å². The fraction of sp³-hybridized carbons (Fsp3) is 0.321. The quantitative estimate of drug-likeness (QED) is 0.234. The Labute approximate surface area is 254 Å². The van der Waals surface area contributed by atoms with Crippen molar-refractivity contribution in [2.24, 2.45) is 0 Å². The lowest BCUT2D eigenvalue weighted by atomic mass is 10.1. The van der Waals surface area contributed by atoms with Gasteiger partial charge in [0.25, 0.3) is 11.8 Å². The fourth-order valence-electron chi connectivity index (χ4n) is 3.72. The number of methoxy groups -OCH3 is 1. The molecule has 0 spiro atoms. The summed E-state index contributed by atoms with van der Waals surface area (Å²) in [7, 11) is 1.60. The van der Waals surface area contributed by atoms with E-state index in [0.29, 0.717) is 41.1 Å². The van der Waals surface area contributed by atoms with Gasteiger partial charge in [-0.25, -0.2) is 14.8 Å². The van der Waals surface area contributed by atoms with Crippen LogP contribution in [0.3, 0.4) is 0 Å². The number of hydrogen-bond acceptors (Lipinski definition) is 9. The minimum Gasteiger partial charge on any atom is -0.491 e. The normalized spacial score (nSPS) is 13.2. The van der Waals surface area contributed by atoms with Crippen molar-refractivity contribution in [2.75, 3.05) is 44.0 Å². The second kappa shape index (κ2) is 16.4. The second-order valence-corrected chi connectivity index (χ2v) is 9.48. The van der Waals surface area contributed by atoms with Crippen LogP contribution >= 0.6 is 11.6 Å². The monoisotopic (exact) mass is 639 g/mol. The van der Waals surface area contributed by atoms with Gasteiger partial charge in [-0.15, -0.1) is 0 Å². The third-order valence-electron chi connectivity index (χ3n) is 5.82. The maximum Gasteiger partial charge on any atom is 0.490 e. The van der Waals surface area contributed by atoms with Crippen LogP contribution in [-0.4, -0.2) is 78.6 Å². The Morgan fingerprint density at radius 3 is 2.41 bits per heavy atom. The molecule has 3 aromatic rings. The molecular formula is C28H29ClF3N5O7. The summed E-state index contributed by atoms with van der Waals surface area (Å²) in [6.07, 6.45) is -0.584. The number of benzene rings is 1. The van der Waals surface area contributed by atoms with E-state index >= 15 is 0 Å². The number of pyridine rings is 2. The lowest BCUT2D eigenvalue weighted by Crippen LogP contribution is -2.34. The third kappa shape index (κ3) is 10.7. The Morgan fingerprint density at radius 1 is 1.05 bits per heavy atom. The summed E-state index contributed by atoms with van der Waals surface area (Å²) in [6, 6.07) is 11.5. The van der Waals surface area contributed by atoms with Crippen LogP contribution in [0, 0.1) is 0 Å². The summed E-state index contributed by atoms with van der Waals surface area (Å²) in [5, 5.41) is 16.3. The van der Waals surface area contributed by atoms with Crippen molar-refractivity contribution in [2.45, 2.75) is 25.1 Å². The zero-order chi connectivity index (χ0) is 32.1. The first-order valence-corrected chi connectivity index (χ1v) is 13.5. The van der Waals surface area contributed by atoms with Gasteiger partial charge in [-0.2, -0.15) is 13.2 Å². The van der Waals surface area contributed by atoms with Gasteiger partial charge in [0, 0.05) is 25.6 Å². The Hall–Kier alpha value is -4.47. The molecule has 4 N–H and O–H groups in total. The number of piperidine rings is 1. The zero-order valence-electron chi connectivity index (χ0n) is 23.3. The van der Waals surface area contributed by atoms with E-state index in [2.05, 4.69) is 25.9 Å². The van der Waals surface area contributed by atoms with Gasteiger partial charge in [0.05, 0.1) is 22.9 Å². The number of aliphatic carboxylic acids is 1. The van der Waals surface area contributed by atoms with Crippen LogP contribution in [0.5, 0.6) is 11.5 Å². The fourth-order valence-corrected chi connectivity index (χ4v) is 3.83. The molecule has 1 aromatic carbocycles. The van der Waals surface area contributed by atoms with E-state index in [-0.39, 0.29) is 17.5 Å². The number of alkyl halides is 3. The topological polar surface area (TPSA) is 161 Å².